The highest BCUT2D eigenvalue weighted by Crippen LogP contribution is 2.36. The lowest BCUT2D eigenvalue weighted by Gasteiger charge is -2.33. The summed E-state index contributed by atoms with van der Waals surface area (Å²) in [5, 5.41) is 10.3. The van der Waals surface area contributed by atoms with Crippen molar-refractivity contribution < 1.29 is 18.3 Å². The molecular formula is C13H14Cl2F3NO. The number of likely N-dealkylation sites (tertiary alicyclic amines) is 1. The molecule has 1 aromatic rings. The first-order chi connectivity index (χ1) is 9.27. The summed E-state index contributed by atoms with van der Waals surface area (Å²) in [5.74, 6) is -1.43. The topological polar surface area (TPSA) is 23.5 Å². The van der Waals surface area contributed by atoms with Gasteiger partial charge in [-0.05, 0) is 31.5 Å². The molecule has 1 atom stereocenters. The Morgan fingerprint density at radius 2 is 2.00 bits per heavy atom. The van der Waals surface area contributed by atoms with Gasteiger partial charge in [0, 0.05) is 23.7 Å². The number of hydrogen-bond donors (Lipinski definition) is 1. The van der Waals surface area contributed by atoms with Gasteiger partial charge in [0.1, 0.15) is 5.75 Å². The second-order valence-corrected chi connectivity index (χ2v) is 5.85. The van der Waals surface area contributed by atoms with E-state index >= 15 is 0 Å². The monoisotopic (exact) mass is 327 g/mol. The van der Waals surface area contributed by atoms with Gasteiger partial charge in [-0.15, -0.1) is 0 Å². The lowest BCUT2D eigenvalue weighted by molar-refractivity contribution is -0.187. The van der Waals surface area contributed by atoms with Gasteiger partial charge in [0.05, 0.1) is 10.9 Å². The lowest BCUT2D eigenvalue weighted by atomic mass is 9.97. The molecule has 1 heterocycles. The van der Waals surface area contributed by atoms with Crippen molar-refractivity contribution in [2.45, 2.75) is 25.6 Å². The summed E-state index contributed by atoms with van der Waals surface area (Å²) in [6.45, 7) is 0.710. The van der Waals surface area contributed by atoms with Crippen LogP contribution in [0, 0.1) is 5.92 Å². The summed E-state index contributed by atoms with van der Waals surface area (Å²) in [5.41, 5.74) is 0.449. The molecule has 0 spiro atoms. The van der Waals surface area contributed by atoms with E-state index < -0.39 is 12.1 Å². The number of halogens is 5. The first kappa shape index (κ1) is 15.7. The van der Waals surface area contributed by atoms with Crippen molar-refractivity contribution in [1.29, 1.82) is 0 Å². The van der Waals surface area contributed by atoms with Crippen molar-refractivity contribution in [2.24, 2.45) is 5.92 Å². The van der Waals surface area contributed by atoms with Crippen molar-refractivity contribution in [3.63, 3.8) is 0 Å². The quantitative estimate of drug-likeness (QED) is 0.866. The molecule has 2 rings (SSSR count). The van der Waals surface area contributed by atoms with Crippen molar-refractivity contribution in [1.82, 2.24) is 4.90 Å². The summed E-state index contributed by atoms with van der Waals surface area (Å²) in [4.78, 5) is 1.67. The molecule has 1 saturated heterocycles. The van der Waals surface area contributed by atoms with E-state index in [0.29, 0.717) is 23.6 Å². The molecule has 0 aromatic heterocycles. The van der Waals surface area contributed by atoms with Gasteiger partial charge in [-0.25, -0.2) is 0 Å². The zero-order chi connectivity index (χ0) is 14.9. The Balaban J connectivity index is 2.10. The summed E-state index contributed by atoms with van der Waals surface area (Å²) in [6, 6.07) is 2.93. The highest BCUT2D eigenvalue weighted by molar-refractivity contribution is 6.35. The van der Waals surface area contributed by atoms with Crippen LogP contribution in [0.5, 0.6) is 5.75 Å². The third-order valence-corrected chi connectivity index (χ3v) is 3.98. The zero-order valence-electron chi connectivity index (χ0n) is 10.6. The molecule has 0 amide bonds. The van der Waals surface area contributed by atoms with Crippen LogP contribution in [0.4, 0.5) is 13.2 Å². The fourth-order valence-electron chi connectivity index (χ4n) is 2.45. The van der Waals surface area contributed by atoms with Gasteiger partial charge in [0.25, 0.3) is 0 Å². The number of hydrogen-bond acceptors (Lipinski definition) is 2. The van der Waals surface area contributed by atoms with Crippen molar-refractivity contribution in [3.8, 4) is 5.75 Å². The van der Waals surface area contributed by atoms with E-state index in [1.807, 2.05) is 0 Å². The summed E-state index contributed by atoms with van der Waals surface area (Å²) in [6.07, 6.45) is -3.53. The predicted molar refractivity (Wildman–Crippen MR) is 72.2 cm³/mol. The molecule has 20 heavy (non-hydrogen) atoms. The Morgan fingerprint density at radius 1 is 1.30 bits per heavy atom. The molecule has 1 aromatic carbocycles. The van der Waals surface area contributed by atoms with Crippen LogP contribution in [-0.2, 0) is 6.54 Å². The van der Waals surface area contributed by atoms with Crippen molar-refractivity contribution in [2.75, 3.05) is 13.1 Å². The third kappa shape index (κ3) is 3.71. The van der Waals surface area contributed by atoms with Crippen LogP contribution in [0.25, 0.3) is 0 Å². The second-order valence-electron chi connectivity index (χ2n) is 5.01. The second kappa shape index (κ2) is 6.00. The standard InChI is InChI=1S/C13H14Cl2F3NO/c14-10-4-8(12(20)11(15)5-10)6-19-3-1-2-9(7-19)13(16,17)18/h4-5,9,20H,1-3,6-7H2. The molecule has 112 valence electrons. The van der Waals surface area contributed by atoms with Crippen LogP contribution in [0.2, 0.25) is 10.0 Å². The Bertz CT molecular complexity index is 493. The maximum Gasteiger partial charge on any atom is 0.393 e. The number of piperidine rings is 1. The minimum Gasteiger partial charge on any atom is -0.506 e. The molecular weight excluding hydrogens is 314 g/mol. The normalized spacial score (nSPS) is 21.1. The summed E-state index contributed by atoms with van der Waals surface area (Å²) in [7, 11) is 0. The van der Waals surface area contributed by atoms with E-state index in [1.54, 1.807) is 4.90 Å². The number of benzene rings is 1. The van der Waals surface area contributed by atoms with Gasteiger partial charge in [0.2, 0.25) is 0 Å². The van der Waals surface area contributed by atoms with Crippen LogP contribution in [0.1, 0.15) is 18.4 Å². The Morgan fingerprint density at radius 3 is 2.65 bits per heavy atom. The van der Waals surface area contributed by atoms with Crippen LogP contribution in [0.15, 0.2) is 12.1 Å². The minimum absolute atomic E-state index is 0.0624. The maximum absolute atomic E-state index is 12.7. The molecule has 0 bridgehead atoms. The minimum atomic E-state index is -4.17. The molecule has 0 saturated carbocycles. The Kier molecular flexibility index (Phi) is 4.72. The van der Waals surface area contributed by atoms with Gasteiger partial charge < -0.3 is 5.11 Å². The highest BCUT2D eigenvalue weighted by Gasteiger charge is 2.41. The number of nitrogens with zero attached hydrogens (tertiary/aromatic N) is 1. The smallest absolute Gasteiger partial charge is 0.393 e. The van der Waals surface area contributed by atoms with E-state index in [1.165, 1.54) is 12.1 Å². The SMILES string of the molecule is Oc1c(Cl)cc(Cl)cc1CN1CCCC(C(F)(F)F)C1. The van der Waals surface area contributed by atoms with Gasteiger partial charge in [-0.3, -0.25) is 4.90 Å². The Labute approximate surface area is 125 Å². The van der Waals surface area contributed by atoms with E-state index in [2.05, 4.69) is 0 Å². The number of rotatable bonds is 2. The molecule has 1 fully saturated rings. The van der Waals surface area contributed by atoms with Gasteiger partial charge in [0.15, 0.2) is 0 Å². The largest absolute Gasteiger partial charge is 0.506 e. The van der Waals surface area contributed by atoms with Crippen molar-refractivity contribution in [3.05, 3.63) is 27.7 Å². The number of phenolic OH excluding ortho intramolecular Hbond substituents is 1. The maximum atomic E-state index is 12.7. The average Bonchev–Trinajstić information content (AvgIpc) is 2.35. The molecule has 7 heteroatoms. The molecule has 0 radical (unpaired) electrons. The summed E-state index contributed by atoms with van der Waals surface area (Å²) >= 11 is 11.7. The molecule has 1 aliphatic heterocycles. The van der Waals surface area contributed by atoms with Gasteiger partial charge >= 0.3 is 6.18 Å². The first-order valence-corrected chi connectivity index (χ1v) is 6.99. The number of aromatic hydroxyl groups is 1. The predicted octanol–water partition coefficient (Wildman–Crippen LogP) is 4.47. The van der Waals surface area contributed by atoms with E-state index in [0.717, 1.165) is 0 Å². The zero-order valence-corrected chi connectivity index (χ0v) is 12.1. The van der Waals surface area contributed by atoms with Crippen LogP contribution in [-0.4, -0.2) is 29.3 Å². The van der Waals surface area contributed by atoms with E-state index in [-0.39, 0.29) is 30.3 Å². The van der Waals surface area contributed by atoms with Crippen LogP contribution < -0.4 is 0 Å². The van der Waals surface area contributed by atoms with Gasteiger partial charge in [-0.2, -0.15) is 13.2 Å². The molecule has 1 aliphatic rings. The van der Waals surface area contributed by atoms with Crippen LogP contribution in [0.3, 0.4) is 0 Å². The molecule has 0 aliphatic carbocycles. The fourth-order valence-corrected chi connectivity index (χ4v) is 2.98. The van der Waals surface area contributed by atoms with Crippen molar-refractivity contribution >= 4 is 23.2 Å². The highest BCUT2D eigenvalue weighted by atomic mass is 35.5. The van der Waals surface area contributed by atoms with E-state index in [4.69, 9.17) is 23.2 Å². The molecule has 1 unspecified atom stereocenters. The number of phenols is 1. The third-order valence-electron chi connectivity index (χ3n) is 3.47. The molecule has 2 nitrogen and oxygen atoms in total. The van der Waals surface area contributed by atoms with Crippen LogP contribution >= 0.6 is 23.2 Å². The van der Waals surface area contributed by atoms with E-state index in [9.17, 15) is 18.3 Å². The number of alkyl halides is 3. The Hall–Kier alpha value is -0.650. The fraction of sp³-hybridized carbons (Fsp3) is 0.538. The lowest BCUT2D eigenvalue weighted by Crippen LogP contribution is -2.41. The summed E-state index contributed by atoms with van der Waals surface area (Å²) < 4.78 is 38.2. The van der Waals surface area contributed by atoms with Gasteiger partial charge in [-0.1, -0.05) is 23.2 Å². The average molecular weight is 328 g/mol. The first-order valence-electron chi connectivity index (χ1n) is 6.23. The molecule has 1 N–H and O–H groups in total.